The molecule has 1 unspecified atom stereocenters. The molecular weight excluding hydrogens is 260 g/mol. The van der Waals surface area contributed by atoms with Gasteiger partial charge in [-0.2, -0.15) is 5.10 Å². The molecule has 0 amide bonds. The second kappa shape index (κ2) is 6.41. The normalized spacial score (nSPS) is 19.5. The van der Waals surface area contributed by atoms with Crippen LogP contribution in [-0.4, -0.2) is 52.8 Å². The Kier molecular flexibility index (Phi) is 4.36. The number of hydrogen-bond acceptors (Lipinski definition) is 3. The summed E-state index contributed by atoms with van der Waals surface area (Å²) in [7, 11) is 4.44. The van der Waals surface area contributed by atoms with Gasteiger partial charge in [-0.1, -0.05) is 24.3 Å². The Morgan fingerprint density at radius 1 is 1.24 bits per heavy atom. The predicted octanol–water partition coefficient (Wildman–Crippen LogP) is 2.07. The molecule has 1 aromatic carbocycles. The zero-order valence-corrected chi connectivity index (χ0v) is 12.9. The van der Waals surface area contributed by atoms with Crippen LogP contribution in [0.4, 0.5) is 0 Å². The van der Waals surface area contributed by atoms with Crippen molar-refractivity contribution in [1.29, 1.82) is 0 Å². The topological polar surface area (TPSA) is 24.3 Å². The summed E-state index contributed by atoms with van der Waals surface area (Å²) in [5, 5.41) is 4.25. The van der Waals surface area contributed by atoms with Crippen molar-refractivity contribution < 1.29 is 0 Å². The average molecular weight is 284 g/mol. The van der Waals surface area contributed by atoms with Gasteiger partial charge < -0.3 is 4.90 Å². The number of aromatic nitrogens is 2. The van der Waals surface area contributed by atoms with Gasteiger partial charge in [0.25, 0.3) is 0 Å². The molecule has 2 heterocycles. The van der Waals surface area contributed by atoms with E-state index in [0.717, 1.165) is 13.1 Å². The first-order valence-electron chi connectivity index (χ1n) is 7.65. The van der Waals surface area contributed by atoms with Crippen LogP contribution >= 0.6 is 0 Å². The maximum absolute atomic E-state index is 4.25. The lowest BCUT2D eigenvalue weighted by Crippen LogP contribution is -2.33. The largest absolute Gasteiger partial charge is 0.305 e. The van der Waals surface area contributed by atoms with E-state index >= 15 is 0 Å². The number of hydrogen-bond donors (Lipinski definition) is 0. The Labute approximate surface area is 127 Å². The highest BCUT2D eigenvalue weighted by molar-refractivity contribution is 5.22. The Bertz CT molecular complexity index is 547. The van der Waals surface area contributed by atoms with Crippen molar-refractivity contribution in [3.63, 3.8) is 0 Å². The minimum absolute atomic E-state index is 0.693. The molecule has 1 aliphatic heterocycles. The standard InChI is InChI=1S/C17H24N4/c1-19-11-8-17(14-19)20(2)12-15-4-6-16(7-5-15)13-21-10-3-9-18-21/h3-7,9-10,17H,8,11-14H2,1-2H3. The summed E-state index contributed by atoms with van der Waals surface area (Å²) >= 11 is 0. The van der Waals surface area contributed by atoms with Crippen LogP contribution in [0, 0.1) is 0 Å². The molecule has 1 aromatic heterocycles. The molecule has 0 saturated carbocycles. The van der Waals surface area contributed by atoms with Crippen molar-refractivity contribution in [1.82, 2.24) is 19.6 Å². The number of nitrogens with zero attached hydrogens (tertiary/aromatic N) is 4. The maximum Gasteiger partial charge on any atom is 0.0659 e. The minimum atomic E-state index is 0.693. The van der Waals surface area contributed by atoms with Crippen LogP contribution in [-0.2, 0) is 13.1 Å². The summed E-state index contributed by atoms with van der Waals surface area (Å²) in [5.41, 5.74) is 2.68. The number of likely N-dealkylation sites (tertiary alicyclic amines) is 1. The summed E-state index contributed by atoms with van der Waals surface area (Å²) in [6, 6.07) is 11.6. The zero-order chi connectivity index (χ0) is 14.7. The molecular formula is C17H24N4. The highest BCUT2D eigenvalue weighted by Crippen LogP contribution is 2.16. The Hall–Kier alpha value is -1.65. The van der Waals surface area contributed by atoms with Crippen LogP contribution in [0.2, 0.25) is 0 Å². The summed E-state index contributed by atoms with van der Waals surface area (Å²) in [6.45, 7) is 4.28. The Balaban J connectivity index is 1.56. The van der Waals surface area contributed by atoms with E-state index in [1.165, 1.54) is 30.6 Å². The highest BCUT2D eigenvalue weighted by atomic mass is 15.3. The second-order valence-electron chi connectivity index (χ2n) is 6.14. The van der Waals surface area contributed by atoms with Crippen LogP contribution in [0.3, 0.4) is 0 Å². The molecule has 3 rings (SSSR count). The van der Waals surface area contributed by atoms with Crippen LogP contribution in [0.15, 0.2) is 42.7 Å². The molecule has 2 aromatic rings. The quantitative estimate of drug-likeness (QED) is 0.840. The smallest absolute Gasteiger partial charge is 0.0659 e. The zero-order valence-electron chi connectivity index (χ0n) is 12.9. The first-order chi connectivity index (χ1) is 10.2. The third-order valence-electron chi connectivity index (χ3n) is 4.35. The summed E-state index contributed by atoms with van der Waals surface area (Å²) in [4.78, 5) is 4.89. The van der Waals surface area contributed by atoms with Gasteiger partial charge in [-0.05, 0) is 44.3 Å². The van der Waals surface area contributed by atoms with Crippen molar-refractivity contribution in [2.45, 2.75) is 25.6 Å². The second-order valence-corrected chi connectivity index (χ2v) is 6.14. The van der Waals surface area contributed by atoms with E-state index in [1.807, 2.05) is 23.1 Å². The van der Waals surface area contributed by atoms with E-state index in [2.05, 4.69) is 53.3 Å². The van der Waals surface area contributed by atoms with E-state index in [9.17, 15) is 0 Å². The first kappa shape index (κ1) is 14.3. The molecule has 0 N–H and O–H groups in total. The molecule has 0 aliphatic carbocycles. The van der Waals surface area contributed by atoms with Crippen molar-refractivity contribution in [3.8, 4) is 0 Å². The average Bonchev–Trinajstić information content (AvgIpc) is 3.12. The maximum atomic E-state index is 4.25. The number of rotatable bonds is 5. The van der Waals surface area contributed by atoms with Gasteiger partial charge in [-0.25, -0.2) is 0 Å². The molecule has 112 valence electrons. The number of likely N-dealkylation sites (N-methyl/N-ethyl adjacent to an activating group) is 2. The van der Waals surface area contributed by atoms with E-state index < -0.39 is 0 Å². The van der Waals surface area contributed by atoms with E-state index in [4.69, 9.17) is 0 Å². The SMILES string of the molecule is CN1CCC(N(C)Cc2ccc(Cn3cccn3)cc2)C1. The molecule has 1 fully saturated rings. The van der Waals surface area contributed by atoms with Crippen LogP contribution in [0.1, 0.15) is 17.5 Å². The highest BCUT2D eigenvalue weighted by Gasteiger charge is 2.22. The van der Waals surface area contributed by atoms with Crippen molar-refractivity contribution in [2.75, 3.05) is 27.2 Å². The molecule has 1 aliphatic rings. The molecule has 1 atom stereocenters. The fourth-order valence-electron chi connectivity index (χ4n) is 3.02. The van der Waals surface area contributed by atoms with Gasteiger partial charge >= 0.3 is 0 Å². The fraction of sp³-hybridized carbons (Fsp3) is 0.471. The summed E-state index contributed by atoms with van der Waals surface area (Å²) in [6.07, 6.45) is 5.10. The van der Waals surface area contributed by atoms with Crippen LogP contribution < -0.4 is 0 Å². The van der Waals surface area contributed by atoms with Gasteiger partial charge in [0.05, 0.1) is 6.54 Å². The molecule has 1 saturated heterocycles. The van der Waals surface area contributed by atoms with Crippen LogP contribution in [0.5, 0.6) is 0 Å². The molecule has 4 heteroatoms. The molecule has 0 spiro atoms. The third-order valence-corrected chi connectivity index (χ3v) is 4.35. The van der Waals surface area contributed by atoms with Crippen molar-refractivity contribution >= 4 is 0 Å². The lowest BCUT2D eigenvalue weighted by atomic mass is 10.1. The van der Waals surface area contributed by atoms with Gasteiger partial charge in [-0.3, -0.25) is 9.58 Å². The summed E-state index contributed by atoms with van der Waals surface area (Å²) < 4.78 is 1.95. The Morgan fingerprint density at radius 3 is 2.62 bits per heavy atom. The summed E-state index contributed by atoms with van der Waals surface area (Å²) in [5.74, 6) is 0. The van der Waals surface area contributed by atoms with E-state index in [-0.39, 0.29) is 0 Å². The van der Waals surface area contributed by atoms with Gasteiger partial charge in [0.1, 0.15) is 0 Å². The van der Waals surface area contributed by atoms with Gasteiger partial charge in [0, 0.05) is 31.5 Å². The molecule has 0 radical (unpaired) electrons. The van der Waals surface area contributed by atoms with Gasteiger partial charge in [-0.15, -0.1) is 0 Å². The lowest BCUT2D eigenvalue weighted by Gasteiger charge is -2.24. The first-order valence-corrected chi connectivity index (χ1v) is 7.65. The molecule has 4 nitrogen and oxygen atoms in total. The molecule has 0 bridgehead atoms. The van der Waals surface area contributed by atoms with Gasteiger partial charge in [0.2, 0.25) is 0 Å². The minimum Gasteiger partial charge on any atom is -0.305 e. The van der Waals surface area contributed by atoms with E-state index in [1.54, 1.807) is 0 Å². The Morgan fingerprint density at radius 2 is 2.00 bits per heavy atom. The fourth-order valence-corrected chi connectivity index (χ4v) is 3.02. The lowest BCUT2D eigenvalue weighted by molar-refractivity contribution is 0.234. The van der Waals surface area contributed by atoms with Crippen molar-refractivity contribution in [3.05, 3.63) is 53.9 Å². The predicted molar refractivity (Wildman–Crippen MR) is 85.1 cm³/mol. The monoisotopic (exact) mass is 284 g/mol. The van der Waals surface area contributed by atoms with Gasteiger partial charge in [0.15, 0.2) is 0 Å². The third kappa shape index (κ3) is 3.71. The number of benzene rings is 1. The van der Waals surface area contributed by atoms with E-state index in [0.29, 0.717) is 6.04 Å². The van der Waals surface area contributed by atoms with Crippen LogP contribution in [0.25, 0.3) is 0 Å². The van der Waals surface area contributed by atoms with Crippen molar-refractivity contribution in [2.24, 2.45) is 0 Å². The molecule has 21 heavy (non-hydrogen) atoms.